The van der Waals surface area contributed by atoms with Crippen molar-refractivity contribution < 1.29 is 43.5 Å². The Morgan fingerprint density at radius 3 is 2.21 bits per heavy atom. The first-order chi connectivity index (χ1) is 27.4. The third kappa shape index (κ3) is 10.8. The number of phenolic OH excluding ortho intramolecular Hbond substituents is 2. The Balaban J connectivity index is 1.56. The van der Waals surface area contributed by atoms with Gasteiger partial charge in [-0.3, -0.25) is 14.5 Å². The van der Waals surface area contributed by atoms with E-state index in [2.05, 4.69) is 34.5 Å². The summed E-state index contributed by atoms with van der Waals surface area (Å²) >= 11 is 0. The number of nitrogens with one attached hydrogen (secondary N) is 1. The quantitative estimate of drug-likeness (QED) is 0.157. The molecule has 3 atom stereocenters. The van der Waals surface area contributed by atoms with Crippen LogP contribution in [0.15, 0.2) is 48.5 Å². The molecule has 0 bridgehead atoms. The summed E-state index contributed by atoms with van der Waals surface area (Å²) in [6.07, 6.45) is 9.14. The van der Waals surface area contributed by atoms with Gasteiger partial charge in [-0.2, -0.15) is 0 Å². The van der Waals surface area contributed by atoms with Crippen molar-refractivity contribution >= 4 is 29.4 Å². The van der Waals surface area contributed by atoms with Gasteiger partial charge in [0, 0.05) is 57.1 Å². The topological polar surface area (TPSA) is 147 Å². The lowest BCUT2D eigenvalue weighted by Crippen LogP contribution is -2.41. The molecule has 308 valence electrons. The summed E-state index contributed by atoms with van der Waals surface area (Å²) in [5.41, 5.74) is 2.76. The molecular weight excluding hydrogens is 727 g/mol. The van der Waals surface area contributed by atoms with Crippen molar-refractivity contribution in [3.05, 3.63) is 76.4 Å². The Bertz CT molecular complexity index is 1860. The second-order valence-electron chi connectivity index (χ2n) is 15.2. The van der Waals surface area contributed by atoms with E-state index in [9.17, 15) is 24.6 Å². The number of nitrogens with zero attached hydrogens (tertiary/aromatic N) is 2. The van der Waals surface area contributed by atoms with E-state index in [1.165, 1.54) is 33.8 Å². The summed E-state index contributed by atoms with van der Waals surface area (Å²) < 4.78 is 22.7. The van der Waals surface area contributed by atoms with E-state index in [1.54, 1.807) is 25.1 Å². The van der Waals surface area contributed by atoms with Crippen LogP contribution in [0.25, 0.3) is 6.08 Å². The Labute approximate surface area is 336 Å². The number of anilines is 1. The number of piperidine rings is 1. The molecule has 1 amide bonds. The fraction of sp³-hybridized carbons (Fsp3) is 0.489. The van der Waals surface area contributed by atoms with Gasteiger partial charge in [0.1, 0.15) is 22.8 Å². The lowest BCUT2D eigenvalue weighted by Gasteiger charge is -2.35. The Morgan fingerprint density at radius 2 is 1.58 bits per heavy atom. The molecule has 2 aliphatic rings. The van der Waals surface area contributed by atoms with Crippen molar-refractivity contribution in [2.45, 2.75) is 89.2 Å². The van der Waals surface area contributed by atoms with Crippen molar-refractivity contribution in [2.75, 3.05) is 60.0 Å². The number of rotatable bonds is 12. The molecule has 0 radical (unpaired) electrons. The first kappa shape index (κ1) is 42.9. The molecule has 0 aliphatic carbocycles. The van der Waals surface area contributed by atoms with Crippen molar-refractivity contribution in [3.8, 4) is 28.7 Å². The second-order valence-corrected chi connectivity index (χ2v) is 15.2. The molecule has 0 saturated carbocycles. The highest BCUT2D eigenvalue weighted by Gasteiger charge is 2.33. The van der Waals surface area contributed by atoms with Crippen LogP contribution in [0.1, 0.15) is 116 Å². The number of amides is 1. The number of esters is 1. The maximum absolute atomic E-state index is 14.2. The predicted octanol–water partition coefficient (Wildman–Crippen LogP) is 7.54. The van der Waals surface area contributed by atoms with Crippen molar-refractivity contribution in [3.63, 3.8) is 0 Å². The molecule has 2 unspecified atom stereocenters. The number of likely N-dealkylation sites (tertiary alicyclic amines) is 1. The van der Waals surface area contributed by atoms with E-state index < -0.39 is 23.7 Å². The number of carbonyl (C=O) groups excluding carboxylic acids is 3. The van der Waals surface area contributed by atoms with Gasteiger partial charge in [0.25, 0.3) is 0 Å². The monoisotopic (exact) mass is 785 g/mol. The third-order valence-electron chi connectivity index (χ3n) is 11.0. The molecule has 12 nitrogen and oxygen atoms in total. The van der Waals surface area contributed by atoms with E-state index in [1.807, 2.05) is 25.1 Å². The second kappa shape index (κ2) is 20.3. The molecule has 3 aromatic carbocycles. The molecule has 3 N–H and O–H groups in total. The van der Waals surface area contributed by atoms with Gasteiger partial charge in [-0.05, 0) is 106 Å². The molecule has 1 saturated heterocycles. The molecule has 1 fully saturated rings. The lowest BCUT2D eigenvalue weighted by molar-refractivity contribution is -0.121. The number of methoxy groups -OCH3 is 3. The first-order valence-electron chi connectivity index (χ1n) is 20.0. The summed E-state index contributed by atoms with van der Waals surface area (Å²) in [4.78, 5) is 44.9. The smallest absolute Gasteiger partial charge is 0.342 e. The fourth-order valence-corrected chi connectivity index (χ4v) is 7.86. The van der Waals surface area contributed by atoms with Gasteiger partial charge in [-0.15, -0.1) is 0 Å². The van der Waals surface area contributed by atoms with Crippen LogP contribution in [0.4, 0.5) is 5.69 Å². The van der Waals surface area contributed by atoms with Crippen molar-refractivity contribution in [1.29, 1.82) is 0 Å². The number of fused-ring (bicyclic) bond motifs is 1. The Kier molecular flexibility index (Phi) is 15.3. The minimum atomic E-state index is -0.981. The van der Waals surface area contributed by atoms with Gasteiger partial charge in [0.2, 0.25) is 11.7 Å². The van der Waals surface area contributed by atoms with Gasteiger partial charge < -0.3 is 39.4 Å². The number of Topliss-reactive ketones (excluding diaryl/α,β-unsaturated/α-hetero) is 1. The first-order valence-corrected chi connectivity index (χ1v) is 20.0. The summed E-state index contributed by atoms with van der Waals surface area (Å²) in [5.74, 6) is -1.76. The van der Waals surface area contributed by atoms with Gasteiger partial charge in [-0.1, -0.05) is 30.7 Å². The molecule has 12 heteroatoms. The number of carbonyl (C=O) groups is 3. The van der Waals surface area contributed by atoms with E-state index in [0.29, 0.717) is 67.9 Å². The van der Waals surface area contributed by atoms with Crippen LogP contribution in [0.5, 0.6) is 28.7 Å². The lowest BCUT2D eigenvalue weighted by atomic mass is 9.84. The Hall–Kier alpha value is -5.23. The molecule has 2 heterocycles. The number of ketones is 1. The maximum Gasteiger partial charge on any atom is 0.342 e. The average Bonchev–Trinajstić information content (AvgIpc) is 3.19. The highest BCUT2D eigenvalue weighted by Crippen LogP contribution is 2.48. The molecule has 2 aliphatic heterocycles. The summed E-state index contributed by atoms with van der Waals surface area (Å²) in [7, 11) is 8.45. The number of ether oxygens (including phenoxy) is 4. The normalized spacial score (nSPS) is 18.0. The van der Waals surface area contributed by atoms with Gasteiger partial charge in [0.05, 0.1) is 33.5 Å². The van der Waals surface area contributed by atoms with E-state index in [4.69, 9.17) is 18.9 Å². The largest absolute Gasteiger partial charge is 0.507 e. The SMILES string of the molecule is COc1cc(C(CC(=O)NCC(c2ccc(N(C)C)cc2)N2CCCCC2)c2c(O)cc3c(c2O)C(=O)O[C@@H](C)CCCC(=O)CCCC=C3)cc(OC)c1OC. The summed E-state index contributed by atoms with van der Waals surface area (Å²) in [5, 5.41) is 27.1. The van der Waals surface area contributed by atoms with Gasteiger partial charge in [-0.25, -0.2) is 4.79 Å². The highest BCUT2D eigenvalue weighted by molar-refractivity contribution is 5.98. The molecule has 3 aromatic rings. The maximum atomic E-state index is 14.2. The van der Waals surface area contributed by atoms with Crippen LogP contribution in [-0.2, 0) is 14.3 Å². The average molecular weight is 786 g/mol. The molecule has 0 aromatic heterocycles. The minimum Gasteiger partial charge on any atom is -0.507 e. The van der Waals surface area contributed by atoms with Crippen molar-refractivity contribution in [2.24, 2.45) is 0 Å². The zero-order valence-electron chi connectivity index (χ0n) is 34.3. The minimum absolute atomic E-state index is 0.0188. The third-order valence-corrected chi connectivity index (χ3v) is 11.0. The van der Waals surface area contributed by atoms with Crippen LogP contribution in [0, 0.1) is 0 Å². The van der Waals surface area contributed by atoms with Crippen LogP contribution in [0.2, 0.25) is 0 Å². The van der Waals surface area contributed by atoms with E-state index >= 15 is 0 Å². The number of aromatic hydroxyl groups is 2. The van der Waals surface area contributed by atoms with Crippen LogP contribution < -0.4 is 24.4 Å². The molecule has 0 spiro atoms. The zero-order chi connectivity index (χ0) is 41.1. The summed E-state index contributed by atoms with van der Waals surface area (Å²) in [6.45, 7) is 3.92. The molecular formula is C45H59N3O9. The summed E-state index contributed by atoms with van der Waals surface area (Å²) in [6, 6.07) is 13.1. The van der Waals surface area contributed by atoms with E-state index in [0.717, 1.165) is 37.2 Å². The molecule has 57 heavy (non-hydrogen) atoms. The van der Waals surface area contributed by atoms with Crippen LogP contribution in [-0.4, -0.2) is 93.9 Å². The molecule has 5 rings (SSSR count). The number of allylic oxidation sites excluding steroid dienone is 1. The number of benzene rings is 3. The number of hydrogen-bond acceptors (Lipinski definition) is 11. The number of phenols is 2. The van der Waals surface area contributed by atoms with Crippen LogP contribution >= 0.6 is 0 Å². The van der Waals surface area contributed by atoms with Crippen molar-refractivity contribution in [1.82, 2.24) is 10.2 Å². The Morgan fingerprint density at radius 1 is 0.912 bits per heavy atom. The van der Waals surface area contributed by atoms with E-state index in [-0.39, 0.29) is 46.6 Å². The highest BCUT2D eigenvalue weighted by atomic mass is 16.5. The fourth-order valence-electron chi connectivity index (χ4n) is 7.86. The predicted molar refractivity (Wildman–Crippen MR) is 221 cm³/mol. The standard InChI is InChI=1S/C45H59N3O9/c1-29-14-13-17-34(49)16-10-7-9-15-31-24-37(50)42(43(52)41(31)45(53)57-29)35(32-25-38(54-4)44(56-6)39(26-32)55-5)27-40(51)46-28-36(48-22-11-8-12-23-48)30-18-20-33(21-19-30)47(2)3/h9,15,18-21,24-26,29,35-36,50,52H,7-8,10-14,16-17,22-23,27-28H2,1-6H3,(H,46,51)/t29-,35?,36?/m0/s1. The van der Waals surface area contributed by atoms with Gasteiger partial charge in [0.15, 0.2) is 11.5 Å². The zero-order valence-corrected chi connectivity index (χ0v) is 34.3. The van der Waals surface area contributed by atoms with Crippen LogP contribution in [0.3, 0.4) is 0 Å². The number of hydrogen-bond donors (Lipinski definition) is 3. The number of cyclic esters (lactones) is 1. The van der Waals surface area contributed by atoms with Gasteiger partial charge >= 0.3 is 5.97 Å².